The van der Waals surface area contributed by atoms with Gasteiger partial charge in [-0.1, -0.05) is 73.7 Å². The molecule has 0 saturated carbocycles. The fourth-order valence-electron chi connectivity index (χ4n) is 4.80. The molecule has 0 bridgehead atoms. The molecule has 2 aromatic rings. The van der Waals surface area contributed by atoms with Gasteiger partial charge in [0, 0.05) is 12.5 Å². The summed E-state index contributed by atoms with van der Waals surface area (Å²) < 4.78 is 0. The average Bonchev–Trinajstić information content (AvgIpc) is 3.13. The zero-order chi connectivity index (χ0) is 19.3. The highest BCUT2D eigenvalue weighted by atomic mass is 15.1. The van der Waals surface area contributed by atoms with Gasteiger partial charge in [-0.15, -0.1) is 0 Å². The Morgan fingerprint density at radius 2 is 1.89 bits per heavy atom. The maximum atomic E-state index is 2.63. The lowest BCUT2D eigenvalue weighted by Crippen LogP contribution is -2.21. The number of allylic oxidation sites excluding steroid dienone is 3. The first kappa shape index (κ1) is 19.2. The third-order valence-electron chi connectivity index (χ3n) is 6.39. The highest BCUT2D eigenvalue weighted by molar-refractivity contribution is 5.65. The summed E-state index contributed by atoms with van der Waals surface area (Å²) in [7, 11) is 0. The van der Waals surface area contributed by atoms with E-state index < -0.39 is 0 Å². The van der Waals surface area contributed by atoms with Crippen molar-refractivity contribution in [3.63, 3.8) is 0 Å². The molecule has 28 heavy (non-hydrogen) atoms. The minimum absolute atomic E-state index is 0.464. The van der Waals surface area contributed by atoms with Crippen molar-refractivity contribution in [1.82, 2.24) is 4.90 Å². The molecule has 2 atom stereocenters. The monoisotopic (exact) mass is 371 g/mol. The van der Waals surface area contributed by atoms with Crippen LogP contribution in [0, 0.1) is 5.92 Å². The molecule has 0 aromatic heterocycles. The molecule has 0 amide bonds. The Morgan fingerprint density at radius 1 is 1.07 bits per heavy atom. The molecule has 1 fully saturated rings. The van der Waals surface area contributed by atoms with Gasteiger partial charge >= 0.3 is 0 Å². The molecule has 1 unspecified atom stereocenters. The number of hydrogen-bond acceptors (Lipinski definition) is 1. The average molecular weight is 372 g/mol. The van der Waals surface area contributed by atoms with E-state index in [1.165, 1.54) is 66.7 Å². The van der Waals surface area contributed by atoms with Gasteiger partial charge in [-0.05, 0) is 79.4 Å². The number of hydrogen-bond donors (Lipinski definition) is 0. The van der Waals surface area contributed by atoms with Crippen LogP contribution in [0.2, 0.25) is 0 Å². The molecule has 2 aliphatic rings. The van der Waals surface area contributed by atoms with Gasteiger partial charge in [-0.25, -0.2) is 0 Å². The van der Waals surface area contributed by atoms with Crippen LogP contribution >= 0.6 is 0 Å². The smallest absolute Gasteiger partial charge is 0.0130 e. The summed E-state index contributed by atoms with van der Waals surface area (Å²) in [5.41, 5.74) is 7.18. The lowest BCUT2D eigenvalue weighted by atomic mass is 9.79. The van der Waals surface area contributed by atoms with E-state index in [4.69, 9.17) is 0 Å². The van der Waals surface area contributed by atoms with Crippen molar-refractivity contribution in [2.24, 2.45) is 5.92 Å². The molecule has 1 aliphatic carbocycles. The summed E-state index contributed by atoms with van der Waals surface area (Å²) in [5, 5.41) is 0. The van der Waals surface area contributed by atoms with Crippen LogP contribution in [-0.2, 0) is 12.8 Å². The lowest BCUT2D eigenvalue weighted by Gasteiger charge is -2.25. The normalized spacial score (nSPS) is 22.4. The molecule has 0 radical (unpaired) electrons. The van der Waals surface area contributed by atoms with Gasteiger partial charge in [0.2, 0.25) is 0 Å². The first-order valence-corrected chi connectivity index (χ1v) is 11.0. The second-order valence-electron chi connectivity index (χ2n) is 8.64. The third kappa shape index (κ3) is 4.47. The van der Waals surface area contributed by atoms with Crippen LogP contribution in [-0.4, -0.2) is 24.5 Å². The first-order valence-electron chi connectivity index (χ1n) is 11.0. The maximum Gasteiger partial charge on any atom is 0.0130 e. The Balaban J connectivity index is 1.41. The minimum Gasteiger partial charge on any atom is -0.303 e. The number of likely N-dealkylation sites (tertiary alicyclic amines) is 1. The molecule has 0 N–H and O–H groups in total. The van der Waals surface area contributed by atoms with E-state index in [1.807, 2.05) is 0 Å². The van der Waals surface area contributed by atoms with Gasteiger partial charge in [-0.2, -0.15) is 0 Å². The number of aryl methyl sites for hydroxylation is 1. The van der Waals surface area contributed by atoms with Crippen molar-refractivity contribution in [3.05, 3.63) is 88.5 Å². The molecular weight excluding hydrogens is 338 g/mol. The van der Waals surface area contributed by atoms with Crippen molar-refractivity contribution < 1.29 is 0 Å². The van der Waals surface area contributed by atoms with Crippen molar-refractivity contribution in [3.8, 4) is 0 Å². The van der Waals surface area contributed by atoms with Gasteiger partial charge in [0.1, 0.15) is 0 Å². The van der Waals surface area contributed by atoms with E-state index in [0.717, 1.165) is 12.3 Å². The second kappa shape index (κ2) is 8.92. The van der Waals surface area contributed by atoms with Crippen LogP contribution in [0.3, 0.4) is 0 Å². The number of benzene rings is 2. The minimum atomic E-state index is 0.464. The fraction of sp³-hybridized carbons (Fsp3) is 0.407. The van der Waals surface area contributed by atoms with Crippen LogP contribution in [0.1, 0.15) is 54.9 Å². The van der Waals surface area contributed by atoms with Gasteiger partial charge in [-0.3, -0.25) is 0 Å². The van der Waals surface area contributed by atoms with Crippen molar-refractivity contribution in [2.45, 2.75) is 45.4 Å². The Hall–Kier alpha value is -2.12. The van der Waals surface area contributed by atoms with E-state index >= 15 is 0 Å². The molecule has 0 spiro atoms. The summed E-state index contributed by atoms with van der Waals surface area (Å²) in [6, 6.07) is 18.3. The van der Waals surface area contributed by atoms with Crippen LogP contribution in [0.4, 0.5) is 0 Å². The first-order chi connectivity index (χ1) is 13.7. The second-order valence-corrected chi connectivity index (χ2v) is 8.64. The zero-order valence-electron chi connectivity index (χ0n) is 17.4. The molecule has 1 saturated heterocycles. The summed E-state index contributed by atoms with van der Waals surface area (Å²) in [4.78, 5) is 2.63. The molecule has 146 valence electrons. The third-order valence-corrected chi connectivity index (χ3v) is 6.39. The van der Waals surface area contributed by atoms with E-state index in [0.29, 0.717) is 5.92 Å². The summed E-state index contributed by atoms with van der Waals surface area (Å²) >= 11 is 0. The summed E-state index contributed by atoms with van der Waals surface area (Å²) in [5.74, 6) is 1.35. The Bertz CT molecular complexity index is 843. The molecule has 1 heteroatoms. The number of rotatable bonds is 6. The standard InChI is InChI=1S/C27H33N/c1-3-7-26-18-24-9-4-5-10-25(24)19-27(26)23-13-11-22(12-14-23)8-6-16-28-17-15-21(2)20-28/h3-5,7,9-14,18,21,27H,6,8,15-17,19-20H2,1-2H3/b7-3+/t21?,27-/m0/s1. The molecule has 1 aliphatic heterocycles. The SMILES string of the molecule is C/C=C/C1=Cc2ccccc2C[C@H]1c1ccc(CCCN2CCC(C)C2)cc1. The fourth-order valence-corrected chi connectivity index (χ4v) is 4.80. The topological polar surface area (TPSA) is 3.24 Å². The molecular formula is C27H33N. The predicted octanol–water partition coefficient (Wildman–Crippen LogP) is 6.26. The predicted molar refractivity (Wildman–Crippen MR) is 121 cm³/mol. The van der Waals surface area contributed by atoms with Gasteiger partial charge in [0.15, 0.2) is 0 Å². The zero-order valence-corrected chi connectivity index (χ0v) is 17.4. The van der Waals surface area contributed by atoms with Crippen LogP contribution in [0.15, 0.2) is 66.3 Å². The van der Waals surface area contributed by atoms with E-state index in [9.17, 15) is 0 Å². The Kier molecular flexibility index (Phi) is 6.12. The van der Waals surface area contributed by atoms with E-state index in [1.54, 1.807) is 0 Å². The van der Waals surface area contributed by atoms with Crippen molar-refractivity contribution >= 4 is 6.08 Å². The van der Waals surface area contributed by atoms with Gasteiger partial charge in [0.05, 0.1) is 0 Å². The summed E-state index contributed by atoms with van der Waals surface area (Å²) in [6.07, 6.45) is 11.8. The number of fused-ring (bicyclic) bond motifs is 1. The van der Waals surface area contributed by atoms with Crippen LogP contribution < -0.4 is 0 Å². The van der Waals surface area contributed by atoms with Crippen LogP contribution in [0.5, 0.6) is 0 Å². The van der Waals surface area contributed by atoms with E-state index in [-0.39, 0.29) is 0 Å². The molecule has 4 rings (SSSR count). The van der Waals surface area contributed by atoms with E-state index in [2.05, 4.69) is 85.5 Å². The number of nitrogens with zero attached hydrogens (tertiary/aromatic N) is 1. The van der Waals surface area contributed by atoms with Crippen molar-refractivity contribution in [2.75, 3.05) is 19.6 Å². The highest BCUT2D eigenvalue weighted by Crippen LogP contribution is 2.36. The molecule has 1 nitrogen and oxygen atoms in total. The van der Waals surface area contributed by atoms with Crippen LogP contribution in [0.25, 0.3) is 6.08 Å². The molecule has 1 heterocycles. The quantitative estimate of drug-likeness (QED) is 0.579. The lowest BCUT2D eigenvalue weighted by molar-refractivity contribution is 0.323. The Labute approximate surface area is 170 Å². The molecule has 2 aromatic carbocycles. The Morgan fingerprint density at radius 3 is 2.64 bits per heavy atom. The largest absolute Gasteiger partial charge is 0.303 e. The van der Waals surface area contributed by atoms with Crippen molar-refractivity contribution in [1.29, 1.82) is 0 Å². The highest BCUT2D eigenvalue weighted by Gasteiger charge is 2.21. The van der Waals surface area contributed by atoms with Gasteiger partial charge < -0.3 is 4.90 Å². The summed E-state index contributed by atoms with van der Waals surface area (Å²) in [6.45, 7) is 8.33. The maximum absolute atomic E-state index is 2.63. The van der Waals surface area contributed by atoms with Gasteiger partial charge in [0.25, 0.3) is 0 Å².